The molecule has 0 fully saturated rings. The summed E-state index contributed by atoms with van der Waals surface area (Å²) in [6, 6.07) is 0. The molecule has 0 aromatic rings. The molecule has 0 aromatic heterocycles. The molecule has 16 heavy (non-hydrogen) atoms. The second kappa shape index (κ2) is 6.02. The third kappa shape index (κ3) is 3.62. The molecule has 0 amide bonds. The van der Waals surface area contributed by atoms with Gasteiger partial charge < -0.3 is 10.8 Å². The number of nitrogens with one attached hydrogen (secondary N) is 2. The van der Waals surface area contributed by atoms with E-state index in [0.717, 1.165) is 0 Å². The number of guanidine groups is 2. The molecule has 0 spiro atoms. The van der Waals surface area contributed by atoms with Crippen LogP contribution in [0, 0.1) is 5.41 Å². The Morgan fingerprint density at radius 2 is 2.25 bits per heavy atom. The Kier molecular flexibility index (Phi) is 5.70. The number of nitrogens with zero attached hydrogens (tertiary/aromatic N) is 2. The van der Waals surface area contributed by atoms with Crippen LogP contribution in [0.3, 0.4) is 0 Å². The predicted octanol–water partition coefficient (Wildman–Crippen LogP) is -0.231. The standard InChI is InChI=1S/C8H17N5O2.BrH/c1-8(2)12-6(9)11-7(10)13(8)15-5-3-4-14;/h14H,3-5H2,1-2H3,(H4,9,10,11,12);1H. The van der Waals surface area contributed by atoms with Gasteiger partial charge in [-0.1, -0.05) is 0 Å². The van der Waals surface area contributed by atoms with E-state index in [-0.39, 0.29) is 35.5 Å². The number of aliphatic imine (C=N–C) groups is 1. The predicted molar refractivity (Wildman–Crippen MR) is 66.4 cm³/mol. The van der Waals surface area contributed by atoms with E-state index < -0.39 is 5.66 Å². The van der Waals surface area contributed by atoms with Gasteiger partial charge in [0, 0.05) is 6.61 Å². The molecular formula is C8H18BrN5O2. The number of nitrogens with two attached hydrogens (primary N) is 1. The van der Waals surface area contributed by atoms with E-state index in [4.69, 9.17) is 21.1 Å². The van der Waals surface area contributed by atoms with E-state index in [9.17, 15) is 0 Å². The Bertz CT molecular complexity index is 282. The molecule has 0 atom stereocenters. The van der Waals surface area contributed by atoms with Gasteiger partial charge in [-0.25, -0.2) is 4.99 Å². The molecule has 0 bridgehead atoms. The van der Waals surface area contributed by atoms with Gasteiger partial charge in [-0.3, -0.25) is 15.6 Å². The summed E-state index contributed by atoms with van der Waals surface area (Å²) in [6.45, 7) is 3.96. The molecule has 1 heterocycles. The number of hydroxylamine groups is 2. The summed E-state index contributed by atoms with van der Waals surface area (Å²) in [5.41, 5.74) is 4.79. The molecule has 0 aliphatic carbocycles. The Morgan fingerprint density at radius 3 is 2.75 bits per heavy atom. The summed E-state index contributed by atoms with van der Waals surface area (Å²) in [4.78, 5) is 9.43. The molecule has 94 valence electrons. The van der Waals surface area contributed by atoms with Gasteiger partial charge in [0.15, 0.2) is 11.6 Å². The van der Waals surface area contributed by atoms with Crippen LogP contribution in [0.15, 0.2) is 4.99 Å². The van der Waals surface area contributed by atoms with Crippen molar-refractivity contribution in [3.05, 3.63) is 0 Å². The number of hydrogen-bond acceptors (Lipinski definition) is 5. The zero-order valence-corrected chi connectivity index (χ0v) is 11.1. The largest absolute Gasteiger partial charge is 0.396 e. The molecule has 5 N–H and O–H groups in total. The van der Waals surface area contributed by atoms with E-state index in [1.54, 1.807) is 13.8 Å². The summed E-state index contributed by atoms with van der Waals surface area (Å²) >= 11 is 0. The second-order valence-corrected chi connectivity index (χ2v) is 3.67. The van der Waals surface area contributed by atoms with E-state index in [0.29, 0.717) is 13.0 Å². The van der Waals surface area contributed by atoms with Crippen LogP contribution in [0.4, 0.5) is 0 Å². The number of hydrogen-bond donors (Lipinski definition) is 4. The van der Waals surface area contributed by atoms with Gasteiger partial charge in [-0.15, -0.1) is 17.0 Å². The molecule has 0 aromatic carbocycles. The number of aliphatic hydroxyl groups excluding tert-OH is 1. The smallest absolute Gasteiger partial charge is 0.224 e. The number of rotatable bonds is 4. The zero-order chi connectivity index (χ0) is 11.5. The van der Waals surface area contributed by atoms with Crippen LogP contribution in [-0.4, -0.2) is 41.0 Å². The highest BCUT2D eigenvalue weighted by atomic mass is 79.9. The number of aliphatic hydroxyl groups is 1. The lowest BCUT2D eigenvalue weighted by atomic mass is 10.2. The topological polar surface area (TPSA) is 107 Å². The van der Waals surface area contributed by atoms with Crippen molar-refractivity contribution in [1.29, 1.82) is 5.41 Å². The average molecular weight is 296 g/mol. The molecular weight excluding hydrogens is 278 g/mol. The minimum atomic E-state index is -0.706. The fourth-order valence-electron chi connectivity index (χ4n) is 1.26. The highest BCUT2D eigenvalue weighted by Gasteiger charge is 2.34. The van der Waals surface area contributed by atoms with Gasteiger partial charge in [0.25, 0.3) is 0 Å². The summed E-state index contributed by atoms with van der Waals surface area (Å²) in [5.74, 6) is 0.248. The van der Waals surface area contributed by atoms with E-state index in [1.807, 2.05) is 0 Å². The van der Waals surface area contributed by atoms with Gasteiger partial charge in [0.2, 0.25) is 5.96 Å². The van der Waals surface area contributed by atoms with Crippen molar-refractivity contribution in [2.24, 2.45) is 10.7 Å². The van der Waals surface area contributed by atoms with Crippen LogP contribution in [-0.2, 0) is 4.84 Å². The molecule has 8 heteroatoms. The fourth-order valence-corrected chi connectivity index (χ4v) is 1.26. The molecule has 7 nitrogen and oxygen atoms in total. The van der Waals surface area contributed by atoms with Gasteiger partial charge in [0.1, 0.15) is 0 Å². The normalized spacial score (nSPS) is 18.6. The van der Waals surface area contributed by atoms with Crippen molar-refractivity contribution in [1.82, 2.24) is 10.4 Å². The summed E-state index contributed by atoms with van der Waals surface area (Å²) in [5, 5.41) is 20.1. The van der Waals surface area contributed by atoms with E-state index in [2.05, 4.69) is 10.3 Å². The van der Waals surface area contributed by atoms with E-state index in [1.165, 1.54) is 5.06 Å². The fraction of sp³-hybridized carbons (Fsp3) is 0.750. The zero-order valence-electron chi connectivity index (χ0n) is 9.36. The van der Waals surface area contributed by atoms with Gasteiger partial charge in [-0.2, -0.15) is 5.06 Å². The van der Waals surface area contributed by atoms with Crippen LogP contribution < -0.4 is 11.1 Å². The first kappa shape index (κ1) is 15.1. The lowest BCUT2D eigenvalue weighted by Crippen LogP contribution is -2.59. The molecule has 0 radical (unpaired) electrons. The molecule has 1 aliphatic heterocycles. The molecule has 1 aliphatic rings. The van der Waals surface area contributed by atoms with Crippen LogP contribution >= 0.6 is 17.0 Å². The molecule has 0 saturated carbocycles. The summed E-state index contributed by atoms with van der Waals surface area (Å²) in [6.07, 6.45) is 0.513. The Hall–Kier alpha value is -0.860. The highest BCUT2D eigenvalue weighted by molar-refractivity contribution is 8.93. The Balaban J connectivity index is 0.00000225. The van der Waals surface area contributed by atoms with E-state index >= 15 is 0 Å². The Morgan fingerprint density at radius 1 is 1.62 bits per heavy atom. The van der Waals surface area contributed by atoms with Crippen molar-refractivity contribution >= 4 is 28.9 Å². The average Bonchev–Trinajstić information content (AvgIpc) is 2.08. The molecule has 0 unspecified atom stereocenters. The summed E-state index contributed by atoms with van der Waals surface area (Å²) < 4.78 is 0. The van der Waals surface area contributed by atoms with Crippen molar-refractivity contribution < 1.29 is 9.94 Å². The van der Waals surface area contributed by atoms with Gasteiger partial charge in [0.05, 0.1) is 6.61 Å². The first-order valence-corrected chi connectivity index (χ1v) is 4.72. The maximum absolute atomic E-state index is 8.62. The van der Waals surface area contributed by atoms with Crippen LogP contribution in [0.1, 0.15) is 20.3 Å². The third-order valence-corrected chi connectivity index (χ3v) is 1.86. The minimum absolute atomic E-state index is 0. The van der Waals surface area contributed by atoms with Gasteiger partial charge >= 0.3 is 0 Å². The minimum Gasteiger partial charge on any atom is -0.396 e. The Labute approximate surface area is 105 Å². The maximum atomic E-state index is 8.62. The second-order valence-electron chi connectivity index (χ2n) is 3.67. The number of halogens is 1. The summed E-state index contributed by atoms with van der Waals surface area (Å²) in [7, 11) is 0. The van der Waals surface area contributed by atoms with Crippen molar-refractivity contribution in [3.8, 4) is 0 Å². The SMILES string of the molecule is Br.CC1(C)N=C(N)NC(=N)N1OCCCO. The molecule has 1 rings (SSSR count). The van der Waals surface area contributed by atoms with Crippen LogP contribution in [0.5, 0.6) is 0 Å². The first-order chi connectivity index (χ1) is 6.97. The van der Waals surface area contributed by atoms with Crippen molar-refractivity contribution in [3.63, 3.8) is 0 Å². The van der Waals surface area contributed by atoms with Crippen LogP contribution in [0.25, 0.3) is 0 Å². The van der Waals surface area contributed by atoms with Crippen molar-refractivity contribution in [2.75, 3.05) is 13.2 Å². The third-order valence-electron chi connectivity index (χ3n) is 1.86. The maximum Gasteiger partial charge on any atom is 0.224 e. The van der Waals surface area contributed by atoms with Gasteiger partial charge in [-0.05, 0) is 20.3 Å². The lowest BCUT2D eigenvalue weighted by Gasteiger charge is -2.38. The monoisotopic (exact) mass is 295 g/mol. The first-order valence-electron chi connectivity index (χ1n) is 4.72. The highest BCUT2D eigenvalue weighted by Crippen LogP contribution is 2.19. The molecule has 0 saturated heterocycles. The lowest BCUT2D eigenvalue weighted by molar-refractivity contribution is -0.161. The van der Waals surface area contributed by atoms with Crippen LogP contribution in [0.2, 0.25) is 0 Å². The van der Waals surface area contributed by atoms with Crippen molar-refractivity contribution in [2.45, 2.75) is 25.9 Å². The quantitative estimate of drug-likeness (QED) is 0.536.